The van der Waals surface area contributed by atoms with E-state index in [-0.39, 0.29) is 5.88 Å². The quantitative estimate of drug-likeness (QED) is 0.547. The standard InChI is InChI=1S/C10H13BrCl4O/c1-9(16,4-5-12)8(14)2-3-10(15,6-11)7-13/h2-5,8,16H,6-7H2,1H3. The van der Waals surface area contributed by atoms with Gasteiger partial charge in [-0.05, 0) is 13.0 Å². The molecule has 3 unspecified atom stereocenters. The summed E-state index contributed by atoms with van der Waals surface area (Å²) in [6.45, 7) is 1.55. The van der Waals surface area contributed by atoms with Crippen molar-refractivity contribution in [2.24, 2.45) is 0 Å². The van der Waals surface area contributed by atoms with Gasteiger partial charge in [-0.3, -0.25) is 0 Å². The lowest BCUT2D eigenvalue weighted by Gasteiger charge is -2.24. The molecule has 16 heavy (non-hydrogen) atoms. The van der Waals surface area contributed by atoms with Crippen molar-refractivity contribution in [1.82, 2.24) is 0 Å². The van der Waals surface area contributed by atoms with Gasteiger partial charge in [-0.1, -0.05) is 39.7 Å². The molecule has 94 valence electrons. The highest BCUT2D eigenvalue weighted by atomic mass is 79.9. The zero-order valence-corrected chi connectivity index (χ0v) is 13.2. The second kappa shape index (κ2) is 7.50. The zero-order valence-electron chi connectivity index (χ0n) is 8.64. The van der Waals surface area contributed by atoms with Crippen LogP contribution in [0.2, 0.25) is 0 Å². The van der Waals surface area contributed by atoms with Crippen LogP contribution in [-0.4, -0.2) is 32.2 Å². The van der Waals surface area contributed by atoms with Crippen molar-refractivity contribution in [2.45, 2.75) is 22.8 Å². The molecule has 1 nitrogen and oxygen atoms in total. The molecule has 0 aliphatic carbocycles. The molecule has 6 heteroatoms. The van der Waals surface area contributed by atoms with Gasteiger partial charge in [0.2, 0.25) is 0 Å². The van der Waals surface area contributed by atoms with Crippen LogP contribution in [0.1, 0.15) is 6.92 Å². The van der Waals surface area contributed by atoms with Gasteiger partial charge in [-0.2, -0.15) is 0 Å². The van der Waals surface area contributed by atoms with E-state index in [1.165, 1.54) is 11.6 Å². The maximum absolute atomic E-state index is 9.88. The van der Waals surface area contributed by atoms with E-state index in [9.17, 15) is 5.11 Å². The van der Waals surface area contributed by atoms with E-state index in [1.54, 1.807) is 19.1 Å². The summed E-state index contributed by atoms with van der Waals surface area (Å²) in [6, 6.07) is 0. The maximum atomic E-state index is 9.88. The van der Waals surface area contributed by atoms with Crippen LogP contribution in [0.25, 0.3) is 0 Å². The van der Waals surface area contributed by atoms with Gasteiger partial charge in [0, 0.05) is 16.7 Å². The van der Waals surface area contributed by atoms with E-state index in [0.29, 0.717) is 5.33 Å². The largest absolute Gasteiger partial charge is 0.384 e. The minimum absolute atomic E-state index is 0.243. The Hall–Kier alpha value is 1.08. The fourth-order valence-electron chi connectivity index (χ4n) is 0.796. The van der Waals surface area contributed by atoms with E-state index < -0.39 is 15.9 Å². The van der Waals surface area contributed by atoms with E-state index in [4.69, 9.17) is 46.4 Å². The molecule has 0 amide bonds. The van der Waals surface area contributed by atoms with Crippen LogP contribution in [0.3, 0.4) is 0 Å². The Kier molecular flexibility index (Phi) is 8.01. The Labute approximate surface area is 125 Å². The minimum Gasteiger partial charge on any atom is -0.384 e. The SMILES string of the molecule is CC(O)(C=CCl)C(Cl)C=CC(Cl)(CCl)CBr. The van der Waals surface area contributed by atoms with Crippen LogP contribution < -0.4 is 0 Å². The van der Waals surface area contributed by atoms with Gasteiger partial charge >= 0.3 is 0 Å². The van der Waals surface area contributed by atoms with Crippen molar-refractivity contribution < 1.29 is 5.11 Å². The van der Waals surface area contributed by atoms with Crippen LogP contribution in [0.4, 0.5) is 0 Å². The number of alkyl halides is 4. The molecule has 0 spiro atoms. The average molecular weight is 371 g/mol. The molecular weight excluding hydrogens is 358 g/mol. The molecule has 0 fully saturated rings. The van der Waals surface area contributed by atoms with E-state index in [0.717, 1.165) is 0 Å². The summed E-state index contributed by atoms with van der Waals surface area (Å²) in [6.07, 6.45) is 4.68. The molecule has 0 bridgehead atoms. The molecule has 0 rings (SSSR count). The molecule has 0 aromatic heterocycles. The minimum atomic E-state index is -1.23. The maximum Gasteiger partial charge on any atom is 0.101 e. The summed E-state index contributed by atoms with van der Waals surface area (Å²) in [5.41, 5.74) is -0.000562. The van der Waals surface area contributed by atoms with Crippen LogP contribution in [0.15, 0.2) is 23.8 Å². The summed E-state index contributed by atoms with van der Waals surface area (Å²) in [7, 11) is 0. The van der Waals surface area contributed by atoms with Gasteiger partial charge in [-0.25, -0.2) is 0 Å². The molecule has 0 heterocycles. The van der Waals surface area contributed by atoms with Crippen molar-refractivity contribution >= 4 is 62.3 Å². The molecule has 0 aromatic carbocycles. The zero-order chi connectivity index (χ0) is 12.8. The third-order valence-corrected chi connectivity index (χ3v) is 5.01. The number of rotatable bonds is 6. The lowest BCUT2D eigenvalue weighted by Crippen LogP contribution is -2.32. The highest BCUT2D eigenvalue weighted by Crippen LogP contribution is 2.25. The summed E-state index contributed by atoms with van der Waals surface area (Å²) in [4.78, 5) is -0.699. The van der Waals surface area contributed by atoms with E-state index in [2.05, 4.69) is 15.9 Å². The third kappa shape index (κ3) is 5.61. The van der Waals surface area contributed by atoms with Gasteiger partial charge in [0.25, 0.3) is 0 Å². The van der Waals surface area contributed by atoms with Crippen LogP contribution in [0, 0.1) is 0 Å². The number of hydrogen-bond acceptors (Lipinski definition) is 1. The number of aliphatic hydroxyl groups is 1. The predicted octanol–water partition coefficient (Wildman–Crippen LogP) is 4.26. The molecule has 3 atom stereocenters. The first kappa shape index (κ1) is 17.1. The lowest BCUT2D eigenvalue weighted by atomic mass is 10.0. The number of hydrogen-bond donors (Lipinski definition) is 1. The summed E-state index contributed by atoms with van der Waals surface area (Å²) >= 11 is 26.5. The highest BCUT2D eigenvalue weighted by molar-refractivity contribution is 9.09. The Balaban J connectivity index is 4.66. The average Bonchev–Trinajstić information content (AvgIpc) is 2.25. The van der Waals surface area contributed by atoms with Crippen molar-refractivity contribution in [2.75, 3.05) is 11.2 Å². The van der Waals surface area contributed by atoms with Crippen molar-refractivity contribution in [3.8, 4) is 0 Å². The topological polar surface area (TPSA) is 20.2 Å². The monoisotopic (exact) mass is 368 g/mol. The highest BCUT2D eigenvalue weighted by Gasteiger charge is 2.27. The fourth-order valence-corrected chi connectivity index (χ4v) is 2.07. The Bertz CT molecular complexity index is 262. The number of allylic oxidation sites excluding steroid dienone is 1. The molecule has 0 aliphatic rings. The lowest BCUT2D eigenvalue weighted by molar-refractivity contribution is 0.119. The smallest absolute Gasteiger partial charge is 0.101 e. The first-order valence-corrected chi connectivity index (χ1v) is 7.36. The molecule has 0 saturated heterocycles. The molecule has 0 aliphatic heterocycles. The van der Waals surface area contributed by atoms with Gasteiger partial charge in [0.15, 0.2) is 0 Å². The Morgan fingerprint density at radius 3 is 2.38 bits per heavy atom. The molecule has 0 saturated carbocycles. The molecule has 0 aromatic rings. The molecule has 1 N–H and O–H groups in total. The third-order valence-electron chi connectivity index (χ3n) is 1.97. The summed E-state index contributed by atoms with van der Waals surface area (Å²) in [5.74, 6) is 0.243. The van der Waals surface area contributed by atoms with E-state index >= 15 is 0 Å². The van der Waals surface area contributed by atoms with Gasteiger partial charge < -0.3 is 5.11 Å². The fraction of sp³-hybridized carbons (Fsp3) is 0.600. The van der Waals surface area contributed by atoms with Crippen molar-refractivity contribution in [1.29, 1.82) is 0 Å². The van der Waals surface area contributed by atoms with Crippen LogP contribution >= 0.6 is 62.3 Å². The van der Waals surface area contributed by atoms with Crippen LogP contribution in [-0.2, 0) is 0 Å². The Morgan fingerprint density at radius 1 is 1.44 bits per heavy atom. The first-order valence-electron chi connectivity index (χ1n) is 4.46. The number of halogens is 5. The molecular formula is C10H13BrCl4O. The van der Waals surface area contributed by atoms with Crippen molar-refractivity contribution in [3.05, 3.63) is 23.8 Å². The molecule has 0 radical (unpaired) electrons. The van der Waals surface area contributed by atoms with Gasteiger partial charge in [0.1, 0.15) is 5.60 Å². The van der Waals surface area contributed by atoms with Crippen LogP contribution in [0.5, 0.6) is 0 Å². The van der Waals surface area contributed by atoms with E-state index in [1.807, 2.05) is 0 Å². The van der Waals surface area contributed by atoms with Gasteiger partial charge in [0.05, 0.1) is 10.3 Å². The van der Waals surface area contributed by atoms with Gasteiger partial charge in [-0.15, -0.1) is 34.8 Å². The first-order chi connectivity index (χ1) is 7.31. The normalized spacial score (nSPS) is 22.2. The van der Waals surface area contributed by atoms with Crippen molar-refractivity contribution in [3.63, 3.8) is 0 Å². The Morgan fingerprint density at radius 2 is 2.00 bits per heavy atom. The predicted molar refractivity (Wildman–Crippen MR) is 77.5 cm³/mol. The second-order valence-corrected chi connectivity index (χ2v) is 5.88. The second-order valence-electron chi connectivity index (χ2n) is 3.58. The summed E-state index contributed by atoms with van der Waals surface area (Å²) in [5, 5.41) is 9.75. The summed E-state index contributed by atoms with van der Waals surface area (Å²) < 4.78 is 0.